The molecule has 1 aromatic rings. The van der Waals surface area contributed by atoms with E-state index >= 15 is 0 Å². The van der Waals surface area contributed by atoms with Gasteiger partial charge in [-0.1, -0.05) is 6.08 Å². The standard InChI is InChI=1S/C9H11N3O/c1-2-3-6-4-12-5-7(10)8(6)9(11)13/h2,4-5H,1,3,10H2,(H2,11,13). The average Bonchev–Trinajstić information content (AvgIpc) is 2.04. The number of primary amides is 1. The number of carbonyl (C=O) groups is 1. The summed E-state index contributed by atoms with van der Waals surface area (Å²) in [7, 11) is 0. The van der Waals surface area contributed by atoms with Crippen molar-refractivity contribution in [3.05, 3.63) is 36.2 Å². The van der Waals surface area contributed by atoms with Gasteiger partial charge in [-0.15, -0.1) is 6.58 Å². The largest absolute Gasteiger partial charge is 0.397 e. The predicted octanol–water partition coefficient (Wildman–Crippen LogP) is 0.491. The van der Waals surface area contributed by atoms with E-state index in [1.807, 2.05) is 0 Å². The Balaban J connectivity index is 3.25. The second kappa shape index (κ2) is 3.71. The summed E-state index contributed by atoms with van der Waals surface area (Å²) in [5.41, 5.74) is 12.1. The van der Waals surface area contributed by atoms with Crippen molar-refractivity contribution in [1.29, 1.82) is 0 Å². The Morgan fingerprint density at radius 1 is 1.62 bits per heavy atom. The maximum atomic E-state index is 11.0. The third kappa shape index (κ3) is 1.84. The summed E-state index contributed by atoms with van der Waals surface area (Å²) in [6, 6.07) is 0. The van der Waals surface area contributed by atoms with Crippen LogP contribution in [-0.4, -0.2) is 10.9 Å². The predicted molar refractivity (Wildman–Crippen MR) is 51.1 cm³/mol. The molecule has 1 amide bonds. The highest BCUT2D eigenvalue weighted by atomic mass is 16.1. The number of allylic oxidation sites excluding steroid dienone is 1. The van der Waals surface area contributed by atoms with E-state index in [1.54, 1.807) is 12.3 Å². The third-order valence-electron chi connectivity index (χ3n) is 1.66. The molecule has 1 rings (SSSR count). The fraction of sp³-hybridized carbons (Fsp3) is 0.111. The molecule has 0 aliphatic rings. The Hall–Kier alpha value is -1.84. The number of nitrogens with two attached hydrogens (primary N) is 2. The molecule has 0 aromatic carbocycles. The van der Waals surface area contributed by atoms with Crippen LogP contribution in [-0.2, 0) is 6.42 Å². The fourth-order valence-electron chi connectivity index (χ4n) is 1.13. The molecule has 4 N–H and O–H groups in total. The highest BCUT2D eigenvalue weighted by Gasteiger charge is 2.10. The molecule has 4 heteroatoms. The zero-order valence-electron chi connectivity index (χ0n) is 7.16. The molecule has 0 aliphatic heterocycles. The Morgan fingerprint density at radius 3 is 2.85 bits per heavy atom. The van der Waals surface area contributed by atoms with Crippen LogP contribution in [0, 0.1) is 0 Å². The molecule has 0 fully saturated rings. The molecule has 0 unspecified atom stereocenters. The molecule has 13 heavy (non-hydrogen) atoms. The molecule has 0 saturated carbocycles. The molecule has 0 atom stereocenters. The number of hydrogen-bond donors (Lipinski definition) is 2. The van der Waals surface area contributed by atoms with E-state index in [-0.39, 0.29) is 0 Å². The van der Waals surface area contributed by atoms with Gasteiger partial charge in [0, 0.05) is 6.20 Å². The molecule has 0 spiro atoms. The fourth-order valence-corrected chi connectivity index (χ4v) is 1.13. The van der Waals surface area contributed by atoms with Gasteiger partial charge >= 0.3 is 0 Å². The smallest absolute Gasteiger partial charge is 0.251 e. The van der Waals surface area contributed by atoms with Crippen LogP contribution < -0.4 is 11.5 Å². The molecule has 0 saturated heterocycles. The Kier molecular flexibility index (Phi) is 2.64. The summed E-state index contributed by atoms with van der Waals surface area (Å²) < 4.78 is 0. The third-order valence-corrected chi connectivity index (χ3v) is 1.66. The Bertz CT molecular complexity index is 347. The van der Waals surface area contributed by atoms with Crippen LogP contribution in [0.25, 0.3) is 0 Å². The molecule has 4 nitrogen and oxygen atoms in total. The van der Waals surface area contributed by atoms with Crippen LogP contribution in [0.3, 0.4) is 0 Å². The Labute approximate surface area is 76.3 Å². The first-order valence-electron chi connectivity index (χ1n) is 3.80. The van der Waals surface area contributed by atoms with Crippen molar-refractivity contribution in [3.8, 4) is 0 Å². The number of pyridine rings is 1. The molecular weight excluding hydrogens is 166 g/mol. The van der Waals surface area contributed by atoms with Crippen molar-refractivity contribution in [2.75, 3.05) is 5.73 Å². The Morgan fingerprint density at radius 2 is 2.31 bits per heavy atom. The number of aromatic nitrogens is 1. The molecule has 68 valence electrons. The number of carbonyl (C=O) groups excluding carboxylic acids is 1. The van der Waals surface area contributed by atoms with E-state index in [1.165, 1.54) is 6.20 Å². The maximum absolute atomic E-state index is 11.0. The first-order valence-corrected chi connectivity index (χ1v) is 3.80. The van der Waals surface area contributed by atoms with Crippen LogP contribution in [0.15, 0.2) is 25.0 Å². The van der Waals surface area contributed by atoms with Crippen LogP contribution >= 0.6 is 0 Å². The van der Waals surface area contributed by atoms with E-state index in [4.69, 9.17) is 11.5 Å². The van der Waals surface area contributed by atoms with E-state index in [0.29, 0.717) is 23.2 Å². The van der Waals surface area contributed by atoms with Gasteiger partial charge in [0.2, 0.25) is 0 Å². The first kappa shape index (κ1) is 9.25. The molecular formula is C9H11N3O. The van der Waals surface area contributed by atoms with Gasteiger partial charge in [0.05, 0.1) is 17.4 Å². The lowest BCUT2D eigenvalue weighted by Gasteiger charge is -2.05. The molecule has 1 heterocycles. The summed E-state index contributed by atoms with van der Waals surface area (Å²) in [5, 5.41) is 0. The van der Waals surface area contributed by atoms with Gasteiger partial charge in [0.15, 0.2) is 0 Å². The van der Waals surface area contributed by atoms with E-state index in [9.17, 15) is 4.79 Å². The van der Waals surface area contributed by atoms with Crippen molar-refractivity contribution in [3.63, 3.8) is 0 Å². The molecule has 1 aromatic heterocycles. The quantitative estimate of drug-likeness (QED) is 0.659. The van der Waals surface area contributed by atoms with E-state index < -0.39 is 5.91 Å². The highest BCUT2D eigenvalue weighted by Crippen LogP contribution is 2.15. The van der Waals surface area contributed by atoms with Crippen molar-refractivity contribution in [2.24, 2.45) is 5.73 Å². The first-order chi connectivity index (χ1) is 6.16. The van der Waals surface area contributed by atoms with Gasteiger partial charge < -0.3 is 11.5 Å². The second-order valence-corrected chi connectivity index (χ2v) is 2.62. The number of hydrogen-bond acceptors (Lipinski definition) is 3. The monoisotopic (exact) mass is 177 g/mol. The lowest BCUT2D eigenvalue weighted by Crippen LogP contribution is -2.16. The number of nitrogens with zero attached hydrogens (tertiary/aromatic N) is 1. The van der Waals surface area contributed by atoms with Gasteiger partial charge in [-0.25, -0.2) is 0 Å². The van der Waals surface area contributed by atoms with Crippen LogP contribution in [0.1, 0.15) is 15.9 Å². The minimum absolute atomic E-state index is 0.312. The number of nitrogen functional groups attached to an aromatic ring is 1. The van der Waals surface area contributed by atoms with Crippen molar-refractivity contribution < 1.29 is 4.79 Å². The molecule has 0 aliphatic carbocycles. The number of rotatable bonds is 3. The number of amides is 1. The summed E-state index contributed by atoms with van der Waals surface area (Å²) in [5.74, 6) is -0.531. The van der Waals surface area contributed by atoms with Gasteiger partial charge in [0.25, 0.3) is 5.91 Å². The van der Waals surface area contributed by atoms with Gasteiger partial charge in [-0.3, -0.25) is 9.78 Å². The van der Waals surface area contributed by atoms with Crippen LogP contribution in [0.5, 0.6) is 0 Å². The van der Waals surface area contributed by atoms with Crippen LogP contribution in [0.4, 0.5) is 5.69 Å². The minimum Gasteiger partial charge on any atom is -0.397 e. The number of anilines is 1. The zero-order valence-corrected chi connectivity index (χ0v) is 7.16. The average molecular weight is 177 g/mol. The lowest BCUT2D eigenvalue weighted by atomic mass is 10.1. The normalized spacial score (nSPS) is 9.54. The summed E-state index contributed by atoms with van der Waals surface area (Å²) in [6.07, 6.45) is 5.18. The zero-order chi connectivity index (χ0) is 9.84. The SMILES string of the molecule is C=CCc1cncc(N)c1C(N)=O. The molecule has 0 radical (unpaired) electrons. The van der Waals surface area contributed by atoms with Crippen molar-refractivity contribution >= 4 is 11.6 Å². The van der Waals surface area contributed by atoms with Gasteiger partial charge in [-0.2, -0.15) is 0 Å². The molecule has 0 bridgehead atoms. The second-order valence-electron chi connectivity index (χ2n) is 2.62. The summed E-state index contributed by atoms with van der Waals surface area (Å²) >= 11 is 0. The van der Waals surface area contributed by atoms with Crippen LogP contribution in [0.2, 0.25) is 0 Å². The topological polar surface area (TPSA) is 82.0 Å². The maximum Gasteiger partial charge on any atom is 0.251 e. The summed E-state index contributed by atoms with van der Waals surface area (Å²) in [6.45, 7) is 3.57. The highest BCUT2D eigenvalue weighted by molar-refractivity contribution is 5.99. The van der Waals surface area contributed by atoms with E-state index in [0.717, 1.165) is 0 Å². The van der Waals surface area contributed by atoms with Gasteiger partial charge in [-0.05, 0) is 12.0 Å². The van der Waals surface area contributed by atoms with Crippen molar-refractivity contribution in [1.82, 2.24) is 4.98 Å². The minimum atomic E-state index is -0.531. The summed E-state index contributed by atoms with van der Waals surface area (Å²) in [4.78, 5) is 14.9. The van der Waals surface area contributed by atoms with E-state index in [2.05, 4.69) is 11.6 Å². The van der Waals surface area contributed by atoms with Gasteiger partial charge in [0.1, 0.15) is 0 Å². The van der Waals surface area contributed by atoms with Crippen molar-refractivity contribution in [2.45, 2.75) is 6.42 Å². The lowest BCUT2D eigenvalue weighted by molar-refractivity contribution is 0.100.